The van der Waals surface area contributed by atoms with Crippen molar-refractivity contribution in [3.8, 4) is 0 Å². The standard InChI is InChI=1S/C21H27N5O2.ClH/c27-19-7-1-2-13-25(19)16-17-5-3-6-18(15-17)24-20(28)21(8-11-22-12-9-21)26-14-4-10-23-26;/h3-6,10,14-15,22H,1-2,7-9,11-13,16H2,(H,24,28);1H. The van der Waals surface area contributed by atoms with E-state index in [4.69, 9.17) is 0 Å². The molecule has 0 saturated carbocycles. The molecule has 2 saturated heterocycles. The molecule has 2 aromatic rings. The molecular formula is C21H28ClN5O2. The first kappa shape index (κ1) is 21.3. The summed E-state index contributed by atoms with van der Waals surface area (Å²) in [6.45, 7) is 2.97. The van der Waals surface area contributed by atoms with Gasteiger partial charge in [0.15, 0.2) is 0 Å². The molecule has 2 N–H and O–H groups in total. The predicted molar refractivity (Wildman–Crippen MR) is 114 cm³/mol. The number of rotatable bonds is 5. The topological polar surface area (TPSA) is 79.3 Å². The first-order valence-corrected chi connectivity index (χ1v) is 10.1. The zero-order valence-electron chi connectivity index (χ0n) is 16.5. The van der Waals surface area contributed by atoms with Gasteiger partial charge in [0.25, 0.3) is 5.91 Å². The molecule has 2 amide bonds. The van der Waals surface area contributed by atoms with Crippen LogP contribution >= 0.6 is 12.4 Å². The predicted octanol–water partition coefficient (Wildman–Crippen LogP) is 2.53. The number of hydrogen-bond acceptors (Lipinski definition) is 4. The van der Waals surface area contributed by atoms with Crippen molar-refractivity contribution in [1.29, 1.82) is 0 Å². The summed E-state index contributed by atoms with van der Waals surface area (Å²) >= 11 is 0. The van der Waals surface area contributed by atoms with Crippen LogP contribution in [-0.4, -0.2) is 46.1 Å². The van der Waals surface area contributed by atoms with E-state index in [9.17, 15) is 9.59 Å². The summed E-state index contributed by atoms with van der Waals surface area (Å²) in [5, 5.41) is 10.8. The Hall–Kier alpha value is -2.38. The van der Waals surface area contributed by atoms with Gasteiger partial charge in [-0.05, 0) is 62.5 Å². The number of amides is 2. The Kier molecular flexibility index (Phi) is 6.92. The normalized spacial score (nSPS) is 18.8. The lowest BCUT2D eigenvalue weighted by Crippen LogP contribution is -2.52. The summed E-state index contributed by atoms with van der Waals surface area (Å²) in [5.74, 6) is 0.178. The molecule has 1 aromatic carbocycles. The fraction of sp³-hybridized carbons (Fsp3) is 0.476. The first-order valence-electron chi connectivity index (χ1n) is 10.1. The fourth-order valence-corrected chi connectivity index (χ4v) is 4.17. The zero-order chi connectivity index (χ0) is 19.4. The fourth-order valence-electron chi connectivity index (χ4n) is 4.17. The van der Waals surface area contributed by atoms with Crippen molar-refractivity contribution in [2.45, 2.75) is 44.2 Å². The van der Waals surface area contributed by atoms with Crippen LogP contribution in [0.25, 0.3) is 0 Å². The van der Waals surface area contributed by atoms with E-state index in [0.717, 1.165) is 43.7 Å². The van der Waals surface area contributed by atoms with Crippen molar-refractivity contribution >= 4 is 29.9 Å². The number of piperidine rings is 2. The third-order valence-corrected chi connectivity index (χ3v) is 5.78. The molecule has 2 aliphatic rings. The highest BCUT2D eigenvalue weighted by Gasteiger charge is 2.42. The number of benzene rings is 1. The maximum absolute atomic E-state index is 13.3. The number of carbonyl (C=O) groups excluding carboxylic acids is 2. The van der Waals surface area contributed by atoms with Crippen LogP contribution in [0.3, 0.4) is 0 Å². The molecule has 7 nitrogen and oxygen atoms in total. The molecule has 3 heterocycles. The third kappa shape index (κ3) is 4.62. The third-order valence-electron chi connectivity index (χ3n) is 5.78. The van der Waals surface area contributed by atoms with Gasteiger partial charge < -0.3 is 15.5 Å². The number of hydrogen-bond donors (Lipinski definition) is 2. The molecule has 29 heavy (non-hydrogen) atoms. The molecule has 156 valence electrons. The minimum atomic E-state index is -0.673. The Morgan fingerprint density at radius 3 is 2.76 bits per heavy atom. The number of likely N-dealkylation sites (tertiary alicyclic amines) is 1. The molecule has 8 heteroatoms. The number of carbonyl (C=O) groups is 2. The van der Waals surface area contributed by atoms with E-state index < -0.39 is 5.54 Å². The molecule has 0 spiro atoms. The summed E-state index contributed by atoms with van der Waals surface area (Å²) in [6.07, 6.45) is 7.65. The zero-order valence-corrected chi connectivity index (χ0v) is 17.3. The quantitative estimate of drug-likeness (QED) is 0.783. The molecule has 0 bridgehead atoms. The van der Waals surface area contributed by atoms with E-state index in [0.29, 0.717) is 25.8 Å². The van der Waals surface area contributed by atoms with Gasteiger partial charge in [0.05, 0.1) is 0 Å². The van der Waals surface area contributed by atoms with Crippen LogP contribution in [0.1, 0.15) is 37.7 Å². The first-order chi connectivity index (χ1) is 13.7. The second-order valence-electron chi connectivity index (χ2n) is 7.66. The van der Waals surface area contributed by atoms with Crippen molar-refractivity contribution in [2.75, 3.05) is 25.0 Å². The second-order valence-corrected chi connectivity index (χ2v) is 7.66. The van der Waals surface area contributed by atoms with Gasteiger partial charge in [-0.1, -0.05) is 12.1 Å². The molecular weight excluding hydrogens is 390 g/mol. The van der Waals surface area contributed by atoms with Gasteiger partial charge in [0, 0.05) is 37.6 Å². The maximum atomic E-state index is 13.3. The van der Waals surface area contributed by atoms with E-state index in [-0.39, 0.29) is 24.2 Å². The molecule has 0 atom stereocenters. The van der Waals surface area contributed by atoms with Crippen LogP contribution in [0.15, 0.2) is 42.7 Å². The van der Waals surface area contributed by atoms with Crippen molar-refractivity contribution < 1.29 is 9.59 Å². The summed E-state index contributed by atoms with van der Waals surface area (Å²) < 4.78 is 1.79. The monoisotopic (exact) mass is 417 g/mol. The number of nitrogens with one attached hydrogen (secondary N) is 2. The highest BCUT2D eigenvalue weighted by atomic mass is 35.5. The van der Waals surface area contributed by atoms with Gasteiger partial charge in [-0.25, -0.2) is 0 Å². The number of aromatic nitrogens is 2. The van der Waals surface area contributed by atoms with Crippen molar-refractivity contribution in [3.05, 3.63) is 48.3 Å². The Morgan fingerprint density at radius 1 is 1.21 bits per heavy atom. The van der Waals surface area contributed by atoms with Crippen molar-refractivity contribution in [3.63, 3.8) is 0 Å². The minimum Gasteiger partial charge on any atom is -0.338 e. The molecule has 4 rings (SSSR count). The van der Waals surface area contributed by atoms with Gasteiger partial charge in [0.1, 0.15) is 5.54 Å². The molecule has 2 aliphatic heterocycles. The van der Waals surface area contributed by atoms with Crippen LogP contribution in [-0.2, 0) is 21.7 Å². The van der Waals surface area contributed by atoms with Gasteiger partial charge in [-0.15, -0.1) is 12.4 Å². The molecule has 0 unspecified atom stereocenters. The van der Waals surface area contributed by atoms with Crippen molar-refractivity contribution in [2.24, 2.45) is 0 Å². The van der Waals surface area contributed by atoms with Gasteiger partial charge in [-0.2, -0.15) is 5.10 Å². The molecule has 0 aliphatic carbocycles. The van der Waals surface area contributed by atoms with Gasteiger partial charge in [0.2, 0.25) is 5.91 Å². The molecule has 0 radical (unpaired) electrons. The summed E-state index contributed by atoms with van der Waals surface area (Å²) in [5.41, 5.74) is 1.12. The second kappa shape index (κ2) is 9.41. The smallest absolute Gasteiger partial charge is 0.252 e. The molecule has 2 fully saturated rings. The maximum Gasteiger partial charge on any atom is 0.252 e. The Morgan fingerprint density at radius 2 is 2.03 bits per heavy atom. The minimum absolute atomic E-state index is 0. The van der Waals surface area contributed by atoms with Crippen LogP contribution in [0, 0.1) is 0 Å². The Labute approximate surface area is 177 Å². The van der Waals surface area contributed by atoms with E-state index in [1.165, 1.54) is 0 Å². The summed E-state index contributed by atoms with van der Waals surface area (Å²) in [7, 11) is 0. The highest BCUT2D eigenvalue weighted by Crippen LogP contribution is 2.29. The van der Waals surface area contributed by atoms with E-state index in [1.54, 1.807) is 10.9 Å². The summed E-state index contributed by atoms with van der Waals surface area (Å²) in [6, 6.07) is 9.66. The summed E-state index contributed by atoms with van der Waals surface area (Å²) in [4.78, 5) is 27.3. The SMILES string of the molecule is Cl.O=C1CCCCN1Cc1cccc(NC(=O)C2(n3cccn3)CCNCC2)c1. The van der Waals surface area contributed by atoms with Crippen LogP contribution in [0.4, 0.5) is 5.69 Å². The lowest BCUT2D eigenvalue weighted by molar-refractivity contribution is -0.133. The largest absolute Gasteiger partial charge is 0.338 e. The van der Waals surface area contributed by atoms with E-state index in [1.807, 2.05) is 41.4 Å². The van der Waals surface area contributed by atoms with E-state index in [2.05, 4.69) is 15.7 Å². The number of halogens is 1. The van der Waals surface area contributed by atoms with Crippen LogP contribution < -0.4 is 10.6 Å². The number of anilines is 1. The van der Waals surface area contributed by atoms with Crippen LogP contribution in [0.2, 0.25) is 0 Å². The Balaban J connectivity index is 0.00000240. The van der Waals surface area contributed by atoms with Crippen LogP contribution in [0.5, 0.6) is 0 Å². The lowest BCUT2D eigenvalue weighted by Gasteiger charge is -2.36. The van der Waals surface area contributed by atoms with Gasteiger partial charge in [-0.3, -0.25) is 14.3 Å². The molecule has 1 aromatic heterocycles. The van der Waals surface area contributed by atoms with E-state index >= 15 is 0 Å². The Bertz CT molecular complexity index is 833. The average molecular weight is 418 g/mol. The van der Waals surface area contributed by atoms with Gasteiger partial charge >= 0.3 is 0 Å². The lowest BCUT2D eigenvalue weighted by atomic mass is 9.87. The average Bonchev–Trinajstić information content (AvgIpc) is 3.26. The number of nitrogens with zero attached hydrogens (tertiary/aromatic N) is 3. The highest BCUT2D eigenvalue weighted by molar-refractivity contribution is 5.96. The van der Waals surface area contributed by atoms with Crippen molar-refractivity contribution in [1.82, 2.24) is 20.0 Å².